The first-order valence-electron chi connectivity index (χ1n) is 5.54. The van der Waals surface area contributed by atoms with Crippen LogP contribution in [0.4, 0.5) is 0 Å². The molecule has 21 heavy (non-hydrogen) atoms. The van der Waals surface area contributed by atoms with Gasteiger partial charge in [0.1, 0.15) is 0 Å². The number of nitrogens with one attached hydrogen (secondary N) is 2. The molecule has 1 amide bonds. The maximum Gasteiger partial charge on any atom is 0.306 e. The lowest BCUT2D eigenvalue weighted by Gasteiger charge is -2.19. The number of carboxylic acids is 1. The van der Waals surface area contributed by atoms with E-state index in [1.54, 1.807) is 0 Å². The van der Waals surface area contributed by atoms with Gasteiger partial charge in [-0.05, 0) is 19.1 Å². The van der Waals surface area contributed by atoms with Crippen molar-refractivity contribution in [2.45, 2.75) is 19.4 Å². The summed E-state index contributed by atoms with van der Waals surface area (Å²) in [6.07, 6.45) is 2.65. The predicted octanol–water partition coefficient (Wildman–Crippen LogP) is 0.129. The molecule has 10 nitrogen and oxygen atoms in total. The van der Waals surface area contributed by atoms with E-state index < -0.39 is 34.5 Å². The number of hydrogen-bond acceptors (Lipinski definition) is 7. The summed E-state index contributed by atoms with van der Waals surface area (Å²) in [7, 11) is -2.94. The Morgan fingerprint density at radius 1 is 1.48 bits per heavy atom. The van der Waals surface area contributed by atoms with Crippen molar-refractivity contribution in [3.05, 3.63) is 23.3 Å². The first kappa shape index (κ1) is 18.9. The molecule has 0 heterocycles. The highest BCUT2D eigenvalue weighted by molar-refractivity contribution is 7.89. The minimum Gasteiger partial charge on any atom is -0.481 e. The van der Waals surface area contributed by atoms with Crippen LogP contribution in [0.1, 0.15) is 13.3 Å². The number of carbonyl (C=O) groups excluding carboxylic acids is 1. The Kier molecular flexibility index (Phi) is 7.41. The van der Waals surface area contributed by atoms with Crippen LogP contribution in [0.5, 0.6) is 0 Å². The number of amides is 1. The zero-order valence-electron chi connectivity index (χ0n) is 11.3. The van der Waals surface area contributed by atoms with E-state index in [0.717, 1.165) is 30.3 Å². The van der Waals surface area contributed by atoms with Gasteiger partial charge in [0, 0.05) is 13.2 Å². The second-order valence-corrected chi connectivity index (χ2v) is 5.36. The Labute approximate surface area is 121 Å². The Morgan fingerprint density at radius 2 is 2.05 bits per heavy atom. The molecule has 118 valence electrons. The van der Waals surface area contributed by atoms with E-state index in [4.69, 9.17) is 15.2 Å². The molecule has 0 saturated heterocycles. The Bertz CT molecular complexity index is 568. The fraction of sp³-hybridized carbons (Fsp3) is 0.400. The van der Waals surface area contributed by atoms with Gasteiger partial charge in [-0.1, -0.05) is 0 Å². The lowest BCUT2D eigenvalue weighted by Crippen LogP contribution is -2.42. The summed E-state index contributed by atoms with van der Waals surface area (Å²) in [6, 6.07) is -1.40. The van der Waals surface area contributed by atoms with Gasteiger partial charge in [-0.2, -0.15) is 13.5 Å². The van der Waals surface area contributed by atoms with E-state index in [9.17, 15) is 18.0 Å². The molecule has 0 aliphatic carbocycles. The number of rotatable bonds is 8. The van der Waals surface area contributed by atoms with Crippen LogP contribution in [0.25, 0.3) is 0 Å². The quantitative estimate of drug-likeness (QED) is 0.214. The third kappa shape index (κ3) is 6.74. The maximum absolute atomic E-state index is 11.9. The van der Waals surface area contributed by atoms with Gasteiger partial charge in [0.2, 0.25) is 0 Å². The van der Waals surface area contributed by atoms with Gasteiger partial charge in [0.15, 0.2) is 6.04 Å². The maximum atomic E-state index is 11.9. The van der Waals surface area contributed by atoms with Crippen LogP contribution >= 0.6 is 0 Å². The Balaban J connectivity index is 5.05. The largest absolute Gasteiger partial charge is 0.481 e. The minimum absolute atomic E-state index is 0.338. The molecule has 0 aromatic carbocycles. The summed E-state index contributed by atoms with van der Waals surface area (Å²) in [5, 5.41) is 12.4. The van der Waals surface area contributed by atoms with Gasteiger partial charge >= 0.3 is 5.97 Å². The van der Waals surface area contributed by atoms with Gasteiger partial charge in [-0.3, -0.25) is 19.2 Å². The topological polar surface area (TPSA) is 160 Å². The molecule has 0 fully saturated rings. The molecular formula is C10H16N4O6S. The normalized spacial score (nSPS) is 14.0. The SMILES string of the molecule is CNN(/C=C/C=C(\C)S(=O)(=O)O)C(=O)C(CC(=O)O)N=N. The average molecular weight is 320 g/mol. The second-order valence-electron chi connectivity index (χ2n) is 3.77. The zero-order valence-corrected chi connectivity index (χ0v) is 12.2. The van der Waals surface area contributed by atoms with Crippen LogP contribution in [0, 0.1) is 5.53 Å². The molecule has 1 atom stereocenters. The third-order valence-corrected chi connectivity index (χ3v) is 3.21. The molecule has 0 aliphatic rings. The molecule has 0 rings (SSSR count). The van der Waals surface area contributed by atoms with Crippen molar-refractivity contribution in [1.29, 1.82) is 5.53 Å². The van der Waals surface area contributed by atoms with Gasteiger partial charge < -0.3 is 5.11 Å². The second kappa shape index (κ2) is 8.24. The van der Waals surface area contributed by atoms with Crippen LogP contribution < -0.4 is 5.43 Å². The molecule has 4 N–H and O–H groups in total. The van der Waals surface area contributed by atoms with Gasteiger partial charge in [0.05, 0.1) is 11.3 Å². The zero-order chi connectivity index (χ0) is 16.6. The van der Waals surface area contributed by atoms with Crippen molar-refractivity contribution in [2.24, 2.45) is 5.11 Å². The van der Waals surface area contributed by atoms with Crippen molar-refractivity contribution < 1.29 is 27.7 Å². The smallest absolute Gasteiger partial charge is 0.306 e. The lowest BCUT2D eigenvalue weighted by atomic mass is 10.2. The van der Waals surface area contributed by atoms with Crippen LogP contribution in [0.2, 0.25) is 0 Å². The molecule has 0 aliphatic heterocycles. The van der Waals surface area contributed by atoms with Crippen molar-refractivity contribution in [3.63, 3.8) is 0 Å². The van der Waals surface area contributed by atoms with Crippen LogP contribution in [-0.4, -0.2) is 48.1 Å². The first-order valence-corrected chi connectivity index (χ1v) is 6.98. The summed E-state index contributed by atoms with van der Waals surface area (Å²) in [4.78, 5) is 22.1. The van der Waals surface area contributed by atoms with Gasteiger partial charge in [0.25, 0.3) is 16.0 Å². The number of hydrogen-bond donors (Lipinski definition) is 4. The minimum atomic E-state index is -4.30. The molecule has 0 radical (unpaired) electrons. The summed E-state index contributed by atoms with van der Waals surface area (Å²) < 4.78 is 30.2. The third-order valence-electron chi connectivity index (χ3n) is 2.26. The molecule has 11 heteroatoms. The number of allylic oxidation sites excluding steroid dienone is 3. The van der Waals surface area contributed by atoms with E-state index >= 15 is 0 Å². The summed E-state index contributed by atoms with van der Waals surface area (Å²) >= 11 is 0. The fourth-order valence-electron chi connectivity index (χ4n) is 1.12. The summed E-state index contributed by atoms with van der Waals surface area (Å²) in [5.74, 6) is -2.09. The number of nitrogens with zero attached hydrogens (tertiary/aromatic N) is 2. The Morgan fingerprint density at radius 3 is 2.43 bits per heavy atom. The van der Waals surface area contributed by atoms with Crippen LogP contribution in [-0.2, 0) is 19.7 Å². The molecular weight excluding hydrogens is 304 g/mol. The Hall–Kier alpha value is -2.11. The number of carbonyl (C=O) groups is 2. The molecule has 0 aromatic rings. The van der Waals surface area contributed by atoms with Gasteiger partial charge in [-0.25, -0.2) is 11.0 Å². The van der Waals surface area contributed by atoms with E-state index in [2.05, 4.69) is 10.5 Å². The lowest BCUT2D eigenvalue weighted by molar-refractivity contribution is -0.141. The highest BCUT2D eigenvalue weighted by Gasteiger charge is 2.24. The standard InChI is InChI=1S/C10H16N4O6S/c1-7(21(18,19)20)4-3-5-14(12-2)10(17)8(13-11)6-9(15)16/h3-5,8,11-12H,6H2,1-2H3,(H,15,16)(H,18,19,20)/b5-3+,7-4+,13-11?. The monoisotopic (exact) mass is 320 g/mol. The van der Waals surface area contributed by atoms with Crippen molar-refractivity contribution in [1.82, 2.24) is 10.4 Å². The van der Waals surface area contributed by atoms with Crippen LogP contribution in [0.3, 0.4) is 0 Å². The van der Waals surface area contributed by atoms with E-state index in [-0.39, 0.29) is 4.91 Å². The van der Waals surface area contributed by atoms with E-state index in [1.807, 2.05) is 0 Å². The molecule has 0 spiro atoms. The van der Waals surface area contributed by atoms with E-state index in [1.165, 1.54) is 7.05 Å². The molecule has 0 aromatic heterocycles. The summed E-state index contributed by atoms with van der Waals surface area (Å²) in [5.41, 5.74) is 9.24. The predicted molar refractivity (Wildman–Crippen MR) is 71.5 cm³/mol. The molecule has 0 bridgehead atoms. The highest BCUT2D eigenvalue weighted by atomic mass is 32.2. The van der Waals surface area contributed by atoms with Crippen molar-refractivity contribution in [2.75, 3.05) is 7.05 Å². The average Bonchev–Trinajstić information content (AvgIpc) is 2.38. The number of carboxylic acid groups (broad SMARTS) is 1. The first-order chi connectivity index (χ1) is 9.63. The highest BCUT2D eigenvalue weighted by Crippen LogP contribution is 2.05. The van der Waals surface area contributed by atoms with Crippen molar-refractivity contribution in [3.8, 4) is 0 Å². The number of aliphatic carboxylic acids is 1. The molecule has 1 unspecified atom stereocenters. The number of hydrazine groups is 1. The van der Waals surface area contributed by atoms with E-state index in [0.29, 0.717) is 0 Å². The van der Waals surface area contributed by atoms with Crippen LogP contribution in [0.15, 0.2) is 28.4 Å². The van der Waals surface area contributed by atoms with Crippen molar-refractivity contribution >= 4 is 22.0 Å². The summed E-state index contributed by atoms with van der Waals surface area (Å²) in [6.45, 7) is 1.15. The fourth-order valence-corrected chi connectivity index (χ4v) is 1.37. The van der Waals surface area contributed by atoms with Gasteiger partial charge in [-0.15, -0.1) is 0 Å². The molecule has 0 saturated carbocycles.